The Kier molecular flexibility index (Phi) is 5.19. The number of aromatic nitrogens is 4. The van der Waals surface area contributed by atoms with Crippen LogP contribution in [0.4, 0.5) is 26.3 Å². The number of halogens is 6. The van der Waals surface area contributed by atoms with Gasteiger partial charge in [0.25, 0.3) is 5.16 Å². The van der Waals surface area contributed by atoms with E-state index in [0.717, 1.165) is 47.2 Å². The van der Waals surface area contributed by atoms with Gasteiger partial charge in [-0.15, -0.1) is 0 Å². The molecule has 0 spiro atoms. The molecule has 4 rings (SSSR count). The van der Waals surface area contributed by atoms with Crippen molar-refractivity contribution in [3.05, 3.63) is 71.7 Å². The summed E-state index contributed by atoms with van der Waals surface area (Å²) in [5.74, 6) is 0. The number of alkyl halides is 6. The number of pyridine rings is 1. The summed E-state index contributed by atoms with van der Waals surface area (Å²) in [4.78, 5) is 6.92. The zero-order chi connectivity index (χ0) is 24.2. The number of benzene rings is 1. The van der Waals surface area contributed by atoms with Crippen molar-refractivity contribution in [1.82, 2.24) is 19.6 Å². The number of aryl methyl sites for hydroxylation is 1. The van der Waals surface area contributed by atoms with E-state index in [1.807, 2.05) is 0 Å². The summed E-state index contributed by atoms with van der Waals surface area (Å²) in [7, 11) is -4.52. The van der Waals surface area contributed by atoms with Crippen molar-refractivity contribution in [3.63, 3.8) is 0 Å². The fourth-order valence-electron chi connectivity index (χ4n) is 3.27. The largest absolute Gasteiger partial charge is 0.417 e. The lowest BCUT2D eigenvalue weighted by Gasteiger charge is -2.10. The number of rotatable bonds is 3. The van der Waals surface area contributed by atoms with E-state index >= 15 is 0 Å². The van der Waals surface area contributed by atoms with E-state index in [0.29, 0.717) is 6.20 Å². The molecule has 0 aliphatic rings. The third-order valence-electron chi connectivity index (χ3n) is 4.74. The minimum absolute atomic E-state index is 0.0471. The molecule has 0 fully saturated rings. The summed E-state index contributed by atoms with van der Waals surface area (Å²) < 4.78 is 106. The molecule has 6 nitrogen and oxygen atoms in total. The van der Waals surface area contributed by atoms with Crippen LogP contribution in [0.5, 0.6) is 0 Å². The van der Waals surface area contributed by atoms with E-state index in [1.165, 1.54) is 13.0 Å². The van der Waals surface area contributed by atoms with Crippen LogP contribution in [-0.2, 0) is 22.2 Å². The molecule has 0 aliphatic heterocycles. The van der Waals surface area contributed by atoms with Gasteiger partial charge < -0.3 is 0 Å². The quantitative estimate of drug-likeness (QED) is 0.302. The van der Waals surface area contributed by atoms with E-state index in [-0.39, 0.29) is 22.3 Å². The first kappa shape index (κ1) is 22.7. The lowest BCUT2D eigenvalue weighted by atomic mass is 10.1. The highest BCUT2D eigenvalue weighted by Crippen LogP contribution is 2.38. The van der Waals surface area contributed by atoms with Crippen LogP contribution in [0.15, 0.2) is 65.0 Å². The molecule has 3 heterocycles. The molecule has 0 radical (unpaired) electrons. The van der Waals surface area contributed by atoms with Crippen molar-refractivity contribution in [2.75, 3.05) is 0 Å². The number of hydrogen-bond acceptors (Lipinski definition) is 5. The van der Waals surface area contributed by atoms with Crippen LogP contribution in [0, 0.1) is 6.92 Å². The third-order valence-corrected chi connectivity index (χ3v) is 6.35. The molecule has 0 amide bonds. The average molecular weight is 486 g/mol. The number of sulfone groups is 1. The van der Waals surface area contributed by atoms with Crippen molar-refractivity contribution < 1.29 is 34.8 Å². The predicted molar refractivity (Wildman–Crippen MR) is 103 cm³/mol. The maximum Gasteiger partial charge on any atom is 0.417 e. The molecule has 13 heteroatoms. The van der Waals surface area contributed by atoms with Crippen LogP contribution in [0.25, 0.3) is 16.8 Å². The van der Waals surface area contributed by atoms with E-state index < -0.39 is 43.4 Å². The van der Waals surface area contributed by atoms with Crippen molar-refractivity contribution in [2.45, 2.75) is 29.3 Å². The van der Waals surface area contributed by atoms with E-state index in [4.69, 9.17) is 0 Å². The van der Waals surface area contributed by atoms with Gasteiger partial charge in [-0.3, -0.25) is 0 Å². The fraction of sp³-hybridized carbons (Fsp3) is 0.150. The predicted octanol–water partition coefficient (Wildman–Crippen LogP) is 4.97. The molecule has 0 atom stereocenters. The van der Waals surface area contributed by atoms with Gasteiger partial charge in [-0.25, -0.2) is 22.9 Å². The molecular weight excluding hydrogens is 474 g/mol. The third kappa shape index (κ3) is 4.03. The Morgan fingerprint density at radius 1 is 0.879 bits per heavy atom. The Morgan fingerprint density at radius 2 is 1.45 bits per heavy atom. The molecule has 0 aliphatic carbocycles. The van der Waals surface area contributed by atoms with Crippen LogP contribution < -0.4 is 0 Å². The van der Waals surface area contributed by atoms with Gasteiger partial charge in [0, 0.05) is 24.2 Å². The Balaban J connectivity index is 2.05. The molecule has 172 valence electrons. The standard InChI is InChI=1S/C20H12F6N4O2S/c1-11-9-14(20(24,25)26)10-30-16(11)17(33(31,32)18-27-7-2-8-28-18)15(29-30)12-3-5-13(6-4-12)19(21,22)23/h2-10H,1H3. The number of fused-ring (bicyclic) bond motifs is 1. The highest BCUT2D eigenvalue weighted by molar-refractivity contribution is 7.91. The van der Waals surface area contributed by atoms with Gasteiger partial charge in [0.1, 0.15) is 10.6 Å². The zero-order valence-electron chi connectivity index (χ0n) is 16.5. The number of hydrogen-bond donors (Lipinski definition) is 0. The van der Waals surface area contributed by atoms with Crippen LogP contribution >= 0.6 is 0 Å². The summed E-state index contributed by atoms with van der Waals surface area (Å²) in [5, 5.41) is 3.37. The summed E-state index contributed by atoms with van der Waals surface area (Å²) in [6.45, 7) is 1.27. The second kappa shape index (κ2) is 7.54. The van der Waals surface area contributed by atoms with Gasteiger partial charge in [-0.05, 0) is 36.8 Å². The first-order valence-electron chi connectivity index (χ1n) is 9.10. The molecule has 1 aromatic carbocycles. The molecule has 0 saturated carbocycles. The van der Waals surface area contributed by atoms with Gasteiger partial charge in [-0.2, -0.15) is 31.4 Å². The van der Waals surface area contributed by atoms with Crippen LogP contribution in [0.3, 0.4) is 0 Å². The highest BCUT2D eigenvalue weighted by Gasteiger charge is 2.36. The Hall–Kier alpha value is -3.48. The van der Waals surface area contributed by atoms with Gasteiger partial charge in [-0.1, -0.05) is 12.1 Å². The smallest absolute Gasteiger partial charge is 0.238 e. The first-order chi connectivity index (χ1) is 15.3. The maximum atomic E-state index is 13.4. The molecule has 33 heavy (non-hydrogen) atoms. The minimum Gasteiger partial charge on any atom is -0.238 e. The normalized spacial score (nSPS) is 12.9. The van der Waals surface area contributed by atoms with Gasteiger partial charge in [0.15, 0.2) is 0 Å². The van der Waals surface area contributed by atoms with Gasteiger partial charge in [0.2, 0.25) is 9.84 Å². The maximum absolute atomic E-state index is 13.4. The fourth-order valence-corrected chi connectivity index (χ4v) is 4.78. The average Bonchev–Trinajstić information content (AvgIpc) is 3.14. The monoisotopic (exact) mass is 486 g/mol. The second-order valence-electron chi connectivity index (χ2n) is 6.99. The van der Waals surface area contributed by atoms with Gasteiger partial charge >= 0.3 is 12.4 Å². The summed E-state index contributed by atoms with van der Waals surface area (Å²) in [6.07, 6.45) is -6.43. The first-order valence-corrected chi connectivity index (χ1v) is 10.6. The van der Waals surface area contributed by atoms with Crippen molar-refractivity contribution in [2.24, 2.45) is 0 Å². The molecule has 0 N–H and O–H groups in total. The SMILES string of the molecule is Cc1cc(C(F)(F)F)cn2nc(-c3ccc(C(F)(F)F)cc3)c(S(=O)(=O)c3ncccn3)c12. The topological polar surface area (TPSA) is 77.2 Å². The van der Waals surface area contributed by atoms with E-state index in [9.17, 15) is 34.8 Å². The summed E-state index contributed by atoms with van der Waals surface area (Å²) in [5.41, 5.74) is -2.68. The minimum atomic E-state index is -4.74. The van der Waals surface area contributed by atoms with Crippen LogP contribution in [-0.4, -0.2) is 28.0 Å². The van der Waals surface area contributed by atoms with Crippen LogP contribution in [0.2, 0.25) is 0 Å². The highest BCUT2D eigenvalue weighted by atomic mass is 32.2. The van der Waals surface area contributed by atoms with Gasteiger partial charge in [0.05, 0.1) is 16.6 Å². The Bertz CT molecular complexity index is 1440. The van der Waals surface area contributed by atoms with E-state index in [2.05, 4.69) is 15.1 Å². The van der Waals surface area contributed by atoms with Crippen LogP contribution in [0.1, 0.15) is 16.7 Å². The Morgan fingerprint density at radius 3 is 2.00 bits per heavy atom. The molecule has 0 bridgehead atoms. The van der Waals surface area contributed by atoms with Crippen molar-refractivity contribution >= 4 is 15.4 Å². The molecule has 0 saturated heterocycles. The zero-order valence-corrected chi connectivity index (χ0v) is 17.3. The molecule has 3 aromatic heterocycles. The Labute approximate surface area is 182 Å². The summed E-state index contributed by atoms with van der Waals surface area (Å²) >= 11 is 0. The molecule has 4 aromatic rings. The van der Waals surface area contributed by atoms with Crippen molar-refractivity contribution in [3.8, 4) is 11.3 Å². The molecular formula is C20H12F6N4O2S. The lowest BCUT2D eigenvalue weighted by Crippen LogP contribution is -2.10. The lowest BCUT2D eigenvalue weighted by molar-refractivity contribution is -0.138. The molecule has 0 unspecified atom stereocenters. The van der Waals surface area contributed by atoms with E-state index in [1.54, 1.807) is 0 Å². The summed E-state index contributed by atoms with van der Waals surface area (Å²) in [6, 6.07) is 5.57. The second-order valence-corrected chi connectivity index (χ2v) is 8.77. The number of nitrogens with zero attached hydrogens (tertiary/aromatic N) is 4. The van der Waals surface area contributed by atoms with Crippen molar-refractivity contribution in [1.29, 1.82) is 0 Å².